The lowest BCUT2D eigenvalue weighted by atomic mass is 9.84. The Morgan fingerprint density at radius 1 is 0.392 bits per heavy atom. The Labute approximate surface area is 772 Å². The Morgan fingerprint density at radius 3 is 1.05 bits per heavy atom. The number of fused-ring (bicyclic) bond motifs is 3. The molecule has 0 bridgehead atoms. The predicted molar refractivity (Wildman–Crippen MR) is 507 cm³/mol. The van der Waals surface area contributed by atoms with Gasteiger partial charge in [-0.2, -0.15) is 8.61 Å². The highest BCUT2D eigenvalue weighted by Crippen LogP contribution is 2.50. The van der Waals surface area contributed by atoms with Gasteiger partial charge in [-0.05, 0) is 195 Å². The fourth-order valence-corrected chi connectivity index (χ4v) is 25.4. The number of rotatable bonds is 27. The minimum atomic E-state index is -3.66. The smallest absolute Gasteiger partial charge is 0.283 e. The van der Waals surface area contributed by atoms with Crippen LogP contribution in [0, 0.1) is 24.7 Å². The second kappa shape index (κ2) is 41.2. The highest BCUT2D eigenvalue weighted by molar-refractivity contribution is 7.91. The van der Waals surface area contributed by atoms with Crippen LogP contribution in [-0.2, 0) is 53.3 Å². The lowest BCUT2D eigenvalue weighted by Gasteiger charge is -2.40. The van der Waals surface area contributed by atoms with Gasteiger partial charge in [0.2, 0.25) is 0 Å². The highest BCUT2D eigenvalue weighted by Gasteiger charge is 2.47. The molecule has 3 atom stereocenters. The van der Waals surface area contributed by atoms with Crippen LogP contribution in [0.1, 0.15) is 153 Å². The van der Waals surface area contributed by atoms with E-state index in [2.05, 4.69) is 132 Å². The number of benzene rings is 7. The molecule has 30 heteroatoms. The number of aryl methyl sites for hydroxylation is 2. The molecule has 694 valence electrons. The zero-order valence-corrected chi connectivity index (χ0v) is 79.8. The summed E-state index contributed by atoms with van der Waals surface area (Å²) in [7, 11) is 4.44. The number of H-pyrrole nitrogens is 1. The van der Waals surface area contributed by atoms with Crippen LogP contribution in [0.5, 0.6) is 34.5 Å². The first-order chi connectivity index (χ1) is 63.1. The Morgan fingerprint density at radius 2 is 0.738 bits per heavy atom. The van der Waals surface area contributed by atoms with E-state index in [1.807, 2.05) is 96.6 Å². The quantitative estimate of drug-likeness (QED) is 0.0471. The number of aromatic nitrogens is 2. The van der Waals surface area contributed by atoms with Crippen molar-refractivity contribution in [3.05, 3.63) is 225 Å². The number of likely N-dealkylation sites (tertiary alicyclic amines) is 1. The SMILES string of the molecule is CCN1CCN(c2cccc3c2CN(C(c2ccc(OC)c(OC)c2)C2CCN(Cc4ccccc4)CC2)C3=O)CC1.CCN1CCN(c2cccc3c2CN(C(c2ccc(OC)c(OC)c2)C2CCN(S(=O)(=O)c4c[n+](C)c(C)[nH]4)CC2)C3=O)CC1.CCN1CCN(c2cccc3c2CN(C(c2ccc(OC)c(OC)c2)C2CCN(S(=O)(=O)c4cccs4)CC2)C3=O)CC1. The van der Waals surface area contributed by atoms with E-state index in [9.17, 15) is 31.2 Å². The van der Waals surface area contributed by atoms with Crippen LogP contribution >= 0.6 is 11.3 Å². The van der Waals surface area contributed by atoms with E-state index in [4.69, 9.17) is 28.4 Å². The molecule has 0 radical (unpaired) electrons. The number of ether oxygens (including phenoxy) is 6. The van der Waals surface area contributed by atoms with E-state index in [1.54, 1.807) is 79.5 Å². The Bertz CT molecular complexity index is 5640. The molecule has 6 saturated heterocycles. The van der Waals surface area contributed by atoms with Gasteiger partial charge in [-0.3, -0.25) is 19.3 Å². The number of thiophene rings is 1. The number of nitrogens with one attached hydrogen (secondary N) is 1. The van der Waals surface area contributed by atoms with Gasteiger partial charge in [0.15, 0.2) is 40.7 Å². The van der Waals surface area contributed by atoms with Gasteiger partial charge in [0, 0.05) is 188 Å². The number of anilines is 3. The summed E-state index contributed by atoms with van der Waals surface area (Å²) in [5.74, 6) is 5.32. The van der Waals surface area contributed by atoms with Gasteiger partial charge in [-0.25, -0.2) is 26.4 Å². The third-order valence-corrected chi connectivity index (χ3v) is 33.8. The van der Waals surface area contributed by atoms with Crippen molar-refractivity contribution in [3.63, 3.8) is 0 Å². The molecule has 3 unspecified atom stereocenters. The van der Waals surface area contributed by atoms with Gasteiger partial charge in [0.25, 0.3) is 48.6 Å². The third-order valence-electron chi connectivity index (χ3n) is 28.7. The summed E-state index contributed by atoms with van der Waals surface area (Å²) in [4.78, 5) is 69.1. The van der Waals surface area contributed by atoms with E-state index >= 15 is 0 Å². The zero-order chi connectivity index (χ0) is 91.1. The number of sulfonamides is 2. The van der Waals surface area contributed by atoms with E-state index in [0.29, 0.717) is 116 Å². The van der Waals surface area contributed by atoms with Crippen molar-refractivity contribution >= 4 is 66.2 Å². The number of likely N-dealkylation sites (N-methyl/N-ethyl adjacent to an activating group) is 3. The van der Waals surface area contributed by atoms with Crippen LogP contribution in [0.2, 0.25) is 0 Å². The molecule has 9 aliphatic rings. The average molecular weight is 1830 g/mol. The maximum Gasteiger partial charge on any atom is 0.283 e. The van der Waals surface area contributed by atoms with Crippen molar-refractivity contribution in [1.29, 1.82) is 0 Å². The summed E-state index contributed by atoms with van der Waals surface area (Å²) < 4.78 is 92.5. The Kier molecular flexibility index (Phi) is 29.5. The summed E-state index contributed by atoms with van der Waals surface area (Å²) in [6, 6.07) is 50.1. The lowest BCUT2D eigenvalue weighted by molar-refractivity contribution is -0.677. The number of piperazine rings is 3. The van der Waals surface area contributed by atoms with Crippen LogP contribution in [-0.4, -0.2) is 263 Å². The van der Waals surface area contributed by atoms with Gasteiger partial charge in [-0.15, -0.1) is 11.3 Å². The number of piperidine rings is 3. The number of methoxy groups -OCH3 is 6. The molecular formula is C100H129N14O13S3+. The summed E-state index contributed by atoms with van der Waals surface area (Å²) >= 11 is 1.25. The van der Waals surface area contributed by atoms with E-state index < -0.39 is 20.0 Å². The van der Waals surface area contributed by atoms with Crippen molar-refractivity contribution in [2.45, 2.75) is 120 Å². The number of nitrogens with zero attached hydrogens (tertiary/aromatic N) is 13. The molecule has 9 aromatic rings. The molecule has 1 N–H and O–H groups in total. The molecule has 7 aromatic carbocycles. The summed E-state index contributed by atoms with van der Waals surface area (Å²) in [6.07, 6.45) is 6.25. The topological polar surface area (TPSA) is 233 Å². The maximum absolute atomic E-state index is 14.2. The van der Waals surface area contributed by atoms with Crippen LogP contribution < -0.4 is 47.7 Å². The molecule has 3 amide bonds. The molecule has 130 heavy (non-hydrogen) atoms. The number of hydrogen-bond donors (Lipinski definition) is 1. The fraction of sp³-hybridized carbons (Fsp3) is 0.480. The molecule has 0 aliphatic carbocycles. The molecule has 27 nitrogen and oxygen atoms in total. The van der Waals surface area contributed by atoms with Crippen LogP contribution in [0.3, 0.4) is 0 Å². The second-order valence-corrected chi connectivity index (χ2v) is 40.5. The number of imidazole rings is 1. The first-order valence-electron chi connectivity index (χ1n) is 46.3. The second-order valence-electron chi connectivity index (χ2n) is 35.5. The van der Waals surface area contributed by atoms with Crippen LogP contribution in [0.15, 0.2) is 172 Å². The first kappa shape index (κ1) is 93.0. The van der Waals surface area contributed by atoms with Crippen molar-refractivity contribution in [3.8, 4) is 34.5 Å². The maximum atomic E-state index is 14.2. The standard InChI is InChI=1S/C35H44N4O3.C33H44N6O5S.C32H40N4O5S2/c1-4-36-19-21-38(22-20-36)31-12-8-11-29-30(31)25-39(35(29)40)34(28-13-14-32(41-2)33(23-28)42-3)27-15-17-37(18-16-27)24-26-9-6-5-7-10-26;1-6-36-16-18-37(19-17-36)28-9-7-8-26-27(28)21-39(33(26)40)32(25-10-11-29(43-4)30(20-25)44-5)24-12-14-38(15-13-24)45(41,42)31-22-35(3)23(2)34-31;1-4-33-16-18-34(19-17-33)27-8-5-7-25-26(27)22-36(32(25)37)31(24-10-11-28(40-2)29(21-24)41-3)23-12-14-35(15-13-23)43(38,39)30-9-6-20-42-30/h5-14,23,27,34H,4,15-22,24-25H2,1-3H3;7-11,20,22,24,32H,6,12-19,21H2,1-5H3;5-11,20-21,23,31H,4,12-19,22H2,1-3H3/p+1. The number of carbonyl (C=O) groups excluding carboxylic acids is 3. The van der Waals surface area contributed by atoms with E-state index in [1.165, 1.54) is 28.2 Å². The van der Waals surface area contributed by atoms with Crippen molar-refractivity contribution in [2.75, 3.05) is 195 Å². The van der Waals surface area contributed by atoms with Crippen LogP contribution in [0.25, 0.3) is 0 Å². The average Bonchev–Trinajstić information content (AvgIpc) is 1.61. The molecule has 0 saturated carbocycles. The fourth-order valence-electron chi connectivity index (χ4n) is 21.2. The molecule has 0 spiro atoms. The lowest BCUT2D eigenvalue weighted by Crippen LogP contribution is -2.46. The largest absolute Gasteiger partial charge is 0.493 e. The summed E-state index contributed by atoms with van der Waals surface area (Å²) in [5, 5.41) is 2.00. The number of hydrogen-bond acceptors (Lipinski definition) is 21. The van der Waals surface area contributed by atoms with Gasteiger partial charge < -0.3 is 72.5 Å². The highest BCUT2D eigenvalue weighted by atomic mass is 32.2. The minimum absolute atomic E-state index is 0.0169. The van der Waals surface area contributed by atoms with Crippen LogP contribution in [0.4, 0.5) is 17.1 Å². The number of carbonyl (C=O) groups is 3. The van der Waals surface area contributed by atoms with Gasteiger partial charge >= 0.3 is 0 Å². The first-order valence-corrected chi connectivity index (χ1v) is 50.1. The normalized spacial score (nSPS) is 19.3. The van der Waals surface area contributed by atoms with Gasteiger partial charge in [-0.1, -0.05) is 93.6 Å². The molecular weight excluding hydrogens is 1700 g/mol. The van der Waals surface area contributed by atoms with Crippen molar-refractivity contribution in [2.24, 2.45) is 24.8 Å². The zero-order valence-electron chi connectivity index (χ0n) is 77.3. The number of aromatic amines is 1. The number of amides is 3. The third kappa shape index (κ3) is 19.4. The Balaban J connectivity index is 0.000000143. The predicted octanol–water partition coefficient (Wildman–Crippen LogP) is 13.3. The Hall–Kier alpha value is -10.3. The van der Waals surface area contributed by atoms with E-state index in [0.717, 1.165) is 192 Å². The van der Waals surface area contributed by atoms with Crippen molar-refractivity contribution in [1.82, 2.24) is 47.9 Å². The van der Waals surface area contributed by atoms with Gasteiger partial charge in [0.1, 0.15) is 4.21 Å². The monoisotopic (exact) mass is 1830 g/mol. The van der Waals surface area contributed by atoms with E-state index in [-0.39, 0.29) is 52.7 Å². The minimum Gasteiger partial charge on any atom is -0.493 e. The molecule has 11 heterocycles. The summed E-state index contributed by atoms with van der Waals surface area (Å²) in [6.45, 7) is 29.8. The molecule has 2 aromatic heterocycles. The van der Waals surface area contributed by atoms with Gasteiger partial charge in [0.05, 0.1) is 67.8 Å². The molecule has 6 fully saturated rings. The summed E-state index contributed by atoms with van der Waals surface area (Å²) in [5.41, 5.74) is 13.6. The van der Waals surface area contributed by atoms with Crippen molar-refractivity contribution < 1.29 is 64.2 Å². The molecule has 18 rings (SSSR count). The molecule has 9 aliphatic heterocycles.